The van der Waals surface area contributed by atoms with Crippen LogP contribution in [0.1, 0.15) is 83.2 Å². The van der Waals surface area contributed by atoms with Crippen LogP contribution in [0.2, 0.25) is 0 Å². The minimum absolute atomic E-state index is 0. The summed E-state index contributed by atoms with van der Waals surface area (Å²) in [6.45, 7) is 4.70. The van der Waals surface area contributed by atoms with Gasteiger partial charge in [-0.05, 0) is 76.5 Å². The Morgan fingerprint density at radius 1 is 0.909 bits per heavy atom. The van der Waals surface area contributed by atoms with E-state index in [-0.39, 0.29) is 80.1 Å². The molecule has 238 valence electrons. The molecule has 1 aliphatic carbocycles. The van der Waals surface area contributed by atoms with E-state index in [0.29, 0.717) is 24.9 Å². The van der Waals surface area contributed by atoms with Gasteiger partial charge in [0, 0.05) is 43.4 Å². The van der Waals surface area contributed by atoms with Gasteiger partial charge in [-0.25, -0.2) is 18.5 Å². The van der Waals surface area contributed by atoms with Gasteiger partial charge in [-0.3, -0.25) is 14.5 Å². The number of fused-ring (bicyclic) bond motifs is 2. The molecule has 0 aromatic heterocycles. The molecule has 3 atom stereocenters. The Bertz CT molecular complexity index is 1320. The molecule has 3 heterocycles. The number of rotatable bonds is 8. The predicted octanol–water partition coefficient (Wildman–Crippen LogP) is 6.72. The van der Waals surface area contributed by atoms with Crippen LogP contribution >= 0.6 is 12.4 Å². The van der Waals surface area contributed by atoms with E-state index in [1.54, 1.807) is 0 Å². The molecule has 4 aliphatic rings. The van der Waals surface area contributed by atoms with Gasteiger partial charge in [-0.2, -0.15) is 0 Å². The lowest BCUT2D eigenvalue weighted by atomic mass is 9.80. The maximum Gasteiger partial charge on any atom is 0.332 e. The number of piperidine rings is 1. The molecule has 6 rings (SSSR count). The van der Waals surface area contributed by atoms with Crippen LogP contribution in [0.15, 0.2) is 60.7 Å². The smallest absolute Gasteiger partial charge is 0.332 e. The molecule has 10 heteroatoms. The van der Waals surface area contributed by atoms with E-state index in [4.69, 9.17) is 0 Å². The van der Waals surface area contributed by atoms with Crippen LogP contribution in [0.25, 0.3) is 0 Å². The fraction of sp³-hybridized carbons (Fsp3) is 0.559. The molecule has 3 saturated heterocycles. The molecule has 3 aliphatic heterocycles. The minimum atomic E-state index is -2.67. The molecular weight excluding hydrogens is 586 g/mol. The fourth-order valence-corrected chi connectivity index (χ4v) is 8.14. The second-order valence-electron chi connectivity index (χ2n) is 13.2. The number of alkyl halides is 2. The summed E-state index contributed by atoms with van der Waals surface area (Å²) in [7, 11) is 0. The third-order valence-corrected chi connectivity index (χ3v) is 10.2. The average molecular weight is 629 g/mol. The lowest BCUT2D eigenvalue weighted by molar-refractivity contribution is -0.131. The number of benzene rings is 2. The number of carbonyl (C=O) groups is 3. The summed E-state index contributed by atoms with van der Waals surface area (Å²) in [6, 6.07) is 18.7. The normalized spacial score (nSPS) is 27.6. The summed E-state index contributed by atoms with van der Waals surface area (Å²) >= 11 is 0. The summed E-state index contributed by atoms with van der Waals surface area (Å²) in [4.78, 5) is 46.8. The zero-order chi connectivity index (χ0) is 30.4. The Kier molecular flexibility index (Phi) is 9.38. The molecule has 44 heavy (non-hydrogen) atoms. The van der Waals surface area contributed by atoms with Crippen molar-refractivity contribution in [3.8, 4) is 0 Å². The third kappa shape index (κ3) is 5.97. The van der Waals surface area contributed by atoms with E-state index in [9.17, 15) is 23.2 Å². The Morgan fingerprint density at radius 2 is 1.48 bits per heavy atom. The molecule has 2 unspecified atom stereocenters. The van der Waals surface area contributed by atoms with Gasteiger partial charge < -0.3 is 10.2 Å². The van der Waals surface area contributed by atoms with E-state index in [1.807, 2.05) is 79.4 Å². The molecule has 1 saturated carbocycles. The van der Waals surface area contributed by atoms with Gasteiger partial charge in [-0.15, -0.1) is 12.4 Å². The van der Waals surface area contributed by atoms with Crippen molar-refractivity contribution in [1.82, 2.24) is 15.1 Å². The van der Waals surface area contributed by atoms with Crippen LogP contribution < -0.4 is 10.2 Å². The highest BCUT2D eigenvalue weighted by Crippen LogP contribution is 2.49. The number of urea groups is 1. The Labute approximate surface area is 264 Å². The Morgan fingerprint density at radius 3 is 2.05 bits per heavy atom. The summed E-state index contributed by atoms with van der Waals surface area (Å²) in [6.07, 6.45) is 3.72. The second-order valence-corrected chi connectivity index (χ2v) is 13.2. The first-order valence-electron chi connectivity index (χ1n) is 15.8. The molecule has 1 N–H and O–H groups in total. The highest BCUT2D eigenvalue weighted by molar-refractivity contribution is 6.23. The number of carbonyl (C=O) groups excluding carboxylic acids is 3. The molecule has 2 bridgehead atoms. The van der Waals surface area contributed by atoms with E-state index in [2.05, 4.69) is 10.2 Å². The maximum absolute atomic E-state index is 14.1. The molecule has 2 aromatic carbocycles. The van der Waals surface area contributed by atoms with Crippen LogP contribution in [-0.4, -0.2) is 63.8 Å². The van der Waals surface area contributed by atoms with Gasteiger partial charge in [0.1, 0.15) is 5.54 Å². The first kappa shape index (κ1) is 32.4. The number of amides is 4. The van der Waals surface area contributed by atoms with Crippen LogP contribution in [-0.2, 0) is 9.59 Å². The van der Waals surface area contributed by atoms with Crippen molar-refractivity contribution in [3.63, 3.8) is 0 Å². The van der Waals surface area contributed by atoms with Crippen molar-refractivity contribution >= 4 is 35.9 Å². The molecule has 7 nitrogen and oxygen atoms in total. The van der Waals surface area contributed by atoms with Crippen LogP contribution in [0.3, 0.4) is 0 Å². The second kappa shape index (κ2) is 12.8. The number of halogens is 3. The Balaban J connectivity index is 0.00000384. The van der Waals surface area contributed by atoms with Gasteiger partial charge in [0.15, 0.2) is 0 Å². The van der Waals surface area contributed by atoms with Gasteiger partial charge in [-0.1, -0.05) is 48.5 Å². The van der Waals surface area contributed by atoms with Gasteiger partial charge >= 0.3 is 6.03 Å². The van der Waals surface area contributed by atoms with Gasteiger partial charge in [0.05, 0.1) is 11.7 Å². The van der Waals surface area contributed by atoms with Gasteiger partial charge in [0.25, 0.3) is 5.91 Å². The van der Waals surface area contributed by atoms with Gasteiger partial charge in [0.2, 0.25) is 11.8 Å². The summed E-state index contributed by atoms with van der Waals surface area (Å²) in [5.41, 5.74) is 0.747. The highest BCUT2D eigenvalue weighted by Gasteiger charge is 2.63. The molecule has 4 amide bonds. The molecular formula is C34H43ClF2N4O3. The maximum atomic E-state index is 14.1. The first-order chi connectivity index (χ1) is 20.6. The zero-order valence-electron chi connectivity index (χ0n) is 25.5. The topological polar surface area (TPSA) is 73.0 Å². The predicted molar refractivity (Wildman–Crippen MR) is 168 cm³/mol. The van der Waals surface area contributed by atoms with Crippen LogP contribution in [0, 0.1) is 5.92 Å². The SMILES string of the molecule is CC(C)N1C(=O)N(c2ccccc2)C(=O)C12CC1CCC(C2)N1CC[C@H](NC(=O)C1CCC(F)(F)CC1)c1ccccc1.Cl. The van der Waals surface area contributed by atoms with Crippen molar-refractivity contribution in [1.29, 1.82) is 0 Å². The summed E-state index contributed by atoms with van der Waals surface area (Å²) in [5, 5.41) is 3.20. The van der Waals surface area contributed by atoms with E-state index >= 15 is 0 Å². The number of para-hydroxylation sites is 1. The van der Waals surface area contributed by atoms with Crippen molar-refractivity contribution in [3.05, 3.63) is 66.2 Å². The third-order valence-electron chi connectivity index (χ3n) is 10.2. The largest absolute Gasteiger partial charge is 0.349 e. The number of hydrogen-bond acceptors (Lipinski definition) is 4. The monoisotopic (exact) mass is 628 g/mol. The van der Waals surface area contributed by atoms with Crippen LogP contribution in [0.4, 0.5) is 19.3 Å². The number of imide groups is 1. The molecule has 1 spiro atoms. The van der Waals surface area contributed by atoms with Crippen molar-refractivity contribution < 1.29 is 23.2 Å². The zero-order valence-corrected chi connectivity index (χ0v) is 26.3. The highest BCUT2D eigenvalue weighted by atomic mass is 35.5. The minimum Gasteiger partial charge on any atom is -0.349 e. The van der Waals surface area contributed by atoms with E-state index < -0.39 is 17.4 Å². The lowest BCUT2D eigenvalue weighted by Crippen LogP contribution is -2.61. The van der Waals surface area contributed by atoms with E-state index in [0.717, 1.165) is 24.9 Å². The quantitative estimate of drug-likeness (QED) is 0.329. The lowest BCUT2D eigenvalue weighted by Gasteiger charge is -2.48. The first-order valence-corrected chi connectivity index (χ1v) is 15.8. The molecule has 0 radical (unpaired) electrons. The fourth-order valence-electron chi connectivity index (χ4n) is 8.14. The van der Waals surface area contributed by atoms with Crippen LogP contribution in [0.5, 0.6) is 0 Å². The average Bonchev–Trinajstić information content (AvgIpc) is 3.35. The van der Waals surface area contributed by atoms with Crippen molar-refractivity contribution in [2.45, 2.75) is 107 Å². The van der Waals surface area contributed by atoms with E-state index in [1.165, 1.54) is 4.90 Å². The Hall–Kier alpha value is -3.04. The van der Waals surface area contributed by atoms with Crippen molar-refractivity contribution in [2.75, 3.05) is 11.4 Å². The standard InChI is InChI=1S/C34H42F2N4O3.ClH/c1-23(2)40-32(43)39(26-11-7-4-8-12-26)31(42)33(40)21-27-13-14-28(22-33)38(27)20-17-29(24-9-5-3-6-10-24)37-30(41)25-15-18-34(35,36)19-16-25;/h3-12,23,25,27-29H,13-22H2,1-2H3,(H,37,41);1H/t27?,28?,29-,33?;/m0./s1. The molecule has 2 aromatic rings. The molecule has 4 fully saturated rings. The van der Waals surface area contributed by atoms with Crippen molar-refractivity contribution in [2.24, 2.45) is 5.92 Å². The summed E-state index contributed by atoms with van der Waals surface area (Å²) < 4.78 is 27.4. The number of nitrogens with one attached hydrogen (secondary N) is 1. The number of nitrogens with zero attached hydrogens (tertiary/aromatic N) is 3. The number of hydrogen-bond donors (Lipinski definition) is 1. The summed E-state index contributed by atoms with van der Waals surface area (Å²) in [5.74, 6) is -3.33. The number of anilines is 1.